The molecule has 0 spiro atoms. The summed E-state index contributed by atoms with van der Waals surface area (Å²) in [6.45, 7) is 4.84. The van der Waals surface area contributed by atoms with E-state index in [0.717, 1.165) is 24.2 Å². The van der Waals surface area contributed by atoms with Gasteiger partial charge in [0, 0.05) is 30.1 Å². The highest BCUT2D eigenvalue weighted by atomic mass is 32.1. The number of unbranched alkanes of at least 4 members (excludes halogenated alkanes) is 1. The first-order chi connectivity index (χ1) is 13.1. The Labute approximate surface area is 163 Å². The fraction of sp³-hybridized carbons (Fsp3) is 0.286. The summed E-state index contributed by atoms with van der Waals surface area (Å²) in [5.74, 6) is 1.22. The highest BCUT2D eigenvalue weighted by Crippen LogP contribution is 2.24. The smallest absolute Gasteiger partial charge is 0.298 e. The molecule has 1 N–H and O–H groups in total. The number of nitrogens with zero attached hydrogens (tertiary/aromatic N) is 2. The van der Waals surface area contributed by atoms with Crippen molar-refractivity contribution in [2.45, 2.75) is 33.1 Å². The molecule has 0 fully saturated rings. The van der Waals surface area contributed by atoms with E-state index in [1.54, 1.807) is 18.2 Å². The molecule has 0 aliphatic carbocycles. The largest absolute Gasteiger partial charge is 0.430 e. The van der Waals surface area contributed by atoms with Crippen LogP contribution >= 0.6 is 11.5 Å². The number of benzene rings is 2. The molecule has 1 amide bonds. The summed E-state index contributed by atoms with van der Waals surface area (Å²) in [5.41, 5.74) is 2.97. The molecule has 0 bridgehead atoms. The Morgan fingerprint density at radius 3 is 2.78 bits per heavy atom. The molecule has 6 heteroatoms. The van der Waals surface area contributed by atoms with Gasteiger partial charge in [0.1, 0.15) is 5.75 Å². The maximum atomic E-state index is 12.2. The molecule has 1 heterocycles. The van der Waals surface area contributed by atoms with Crippen LogP contribution in [0.25, 0.3) is 0 Å². The molecule has 0 saturated carbocycles. The van der Waals surface area contributed by atoms with Crippen molar-refractivity contribution in [3.05, 3.63) is 71.0 Å². The van der Waals surface area contributed by atoms with Gasteiger partial charge in [0.05, 0.1) is 0 Å². The van der Waals surface area contributed by atoms with Gasteiger partial charge in [-0.1, -0.05) is 49.2 Å². The molecule has 5 nitrogen and oxygen atoms in total. The van der Waals surface area contributed by atoms with E-state index < -0.39 is 0 Å². The van der Waals surface area contributed by atoms with Crippen molar-refractivity contribution in [2.75, 3.05) is 6.54 Å². The van der Waals surface area contributed by atoms with Crippen LogP contribution in [0.3, 0.4) is 0 Å². The molecule has 0 aliphatic rings. The van der Waals surface area contributed by atoms with E-state index in [9.17, 15) is 4.79 Å². The standard InChI is InChI=1S/C21H23N3O2S/c1-3-4-12-22-20(25)17-6-5-7-18(14-17)26-21-23-19(24-27-21)13-16-10-8-15(2)9-11-16/h5-11,14H,3-4,12-13H2,1-2H3,(H,22,25). The third kappa shape index (κ3) is 5.62. The van der Waals surface area contributed by atoms with Crippen LogP contribution in [-0.2, 0) is 6.42 Å². The van der Waals surface area contributed by atoms with Crippen LogP contribution < -0.4 is 10.1 Å². The third-order valence-electron chi connectivity index (χ3n) is 4.05. The van der Waals surface area contributed by atoms with Gasteiger partial charge < -0.3 is 10.1 Å². The Kier molecular flexibility index (Phi) is 6.54. The molecule has 0 radical (unpaired) electrons. The number of ether oxygens (including phenoxy) is 1. The van der Waals surface area contributed by atoms with Gasteiger partial charge in [0.2, 0.25) is 0 Å². The zero-order valence-electron chi connectivity index (χ0n) is 15.6. The molecular weight excluding hydrogens is 358 g/mol. The number of carbonyl (C=O) groups excluding carboxylic acids is 1. The lowest BCUT2D eigenvalue weighted by Gasteiger charge is -2.06. The topological polar surface area (TPSA) is 64.1 Å². The number of carbonyl (C=O) groups is 1. The van der Waals surface area contributed by atoms with Gasteiger partial charge in [-0.05, 0) is 37.1 Å². The highest BCUT2D eigenvalue weighted by Gasteiger charge is 2.10. The van der Waals surface area contributed by atoms with Crippen LogP contribution in [-0.4, -0.2) is 21.8 Å². The summed E-state index contributed by atoms with van der Waals surface area (Å²) < 4.78 is 10.2. The van der Waals surface area contributed by atoms with Crippen LogP contribution in [0.15, 0.2) is 48.5 Å². The normalized spacial score (nSPS) is 10.6. The monoisotopic (exact) mass is 381 g/mol. The minimum absolute atomic E-state index is 0.0915. The predicted octanol–water partition coefficient (Wildman–Crippen LogP) is 4.76. The fourth-order valence-corrected chi connectivity index (χ4v) is 3.09. The zero-order chi connectivity index (χ0) is 19.1. The van der Waals surface area contributed by atoms with E-state index in [1.807, 2.05) is 6.07 Å². The number of amides is 1. The Morgan fingerprint density at radius 1 is 1.19 bits per heavy atom. The van der Waals surface area contributed by atoms with E-state index in [4.69, 9.17) is 4.74 Å². The molecule has 0 atom stereocenters. The lowest BCUT2D eigenvalue weighted by atomic mass is 10.1. The van der Waals surface area contributed by atoms with Crippen molar-refractivity contribution in [2.24, 2.45) is 0 Å². The average molecular weight is 382 g/mol. The number of aromatic nitrogens is 2. The lowest BCUT2D eigenvalue weighted by molar-refractivity contribution is 0.0953. The molecule has 0 saturated heterocycles. The third-order valence-corrected chi connectivity index (χ3v) is 4.68. The van der Waals surface area contributed by atoms with E-state index in [-0.39, 0.29) is 5.91 Å². The second-order valence-electron chi connectivity index (χ2n) is 6.38. The number of hydrogen-bond acceptors (Lipinski definition) is 5. The van der Waals surface area contributed by atoms with Crippen molar-refractivity contribution in [1.29, 1.82) is 0 Å². The first kappa shape index (κ1) is 19.0. The quantitative estimate of drug-likeness (QED) is 0.572. The van der Waals surface area contributed by atoms with E-state index in [0.29, 0.717) is 29.5 Å². The Morgan fingerprint density at radius 2 is 2.00 bits per heavy atom. The van der Waals surface area contributed by atoms with Gasteiger partial charge in [0.15, 0.2) is 5.82 Å². The second kappa shape index (κ2) is 9.28. The fourth-order valence-electron chi connectivity index (χ4n) is 2.52. The molecule has 3 rings (SSSR count). The molecule has 1 aromatic heterocycles. The Hall–Kier alpha value is -2.73. The van der Waals surface area contributed by atoms with E-state index in [2.05, 4.69) is 52.8 Å². The maximum Gasteiger partial charge on any atom is 0.298 e. The summed E-state index contributed by atoms with van der Waals surface area (Å²) in [6.07, 6.45) is 2.68. The summed E-state index contributed by atoms with van der Waals surface area (Å²) in [4.78, 5) is 16.6. The second-order valence-corrected chi connectivity index (χ2v) is 7.09. The van der Waals surface area contributed by atoms with Crippen molar-refractivity contribution < 1.29 is 9.53 Å². The summed E-state index contributed by atoms with van der Waals surface area (Å²) in [5, 5.41) is 3.38. The van der Waals surface area contributed by atoms with Crippen LogP contribution in [0.4, 0.5) is 0 Å². The number of rotatable bonds is 8. The lowest BCUT2D eigenvalue weighted by Crippen LogP contribution is -2.24. The molecule has 27 heavy (non-hydrogen) atoms. The van der Waals surface area contributed by atoms with Gasteiger partial charge in [-0.3, -0.25) is 4.79 Å². The number of nitrogens with one attached hydrogen (secondary N) is 1. The molecule has 0 unspecified atom stereocenters. The van der Waals surface area contributed by atoms with Crippen LogP contribution in [0.5, 0.6) is 10.9 Å². The van der Waals surface area contributed by atoms with Gasteiger partial charge in [0.25, 0.3) is 11.1 Å². The van der Waals surface area contributed by atoms with Gasteiger partial charge >= 0.3 is 0 Å². The first-order valence-electron chi connectivity index (χ1n) is 9.08. The average Bonchev–Trinajstić information content (AvgIpc) is 3.11. The minimum Gasteiger partial charge on any atom is -0.430 e. The Bertz CT molecular complexity index is 890. The number of aryl methyl sites for hydroxylation is 1. The van der Waals surface area contributed by atoms with E-state index >= 15 is 0 Å². The van der Waals surface area contributed by atoms with Crippen LogP contribution in [0.2, 0.25) is 0 Å². The molecule has 0 aliphatic heterocycles. The maximum absolute atomic E-state index is 12.2. The predicted molar refractivity (Wildman–Crippen MR) is 108 cm³/mol. The SMILES string of the molecule is CCCCNC(=O)c1cccc(Oc2nc(Cc3ccc(C)cc3)ns2)c1. The minimum atomic E-state index is -0.0915. The number of hydrogen-bond donors (Lipinski definition) is 1. The van der Waals surface area contributed by atoms with Crippen molar-refractivity contribution in [1.82, 2.24) is 14.7 Å². The molecular formula is C21H23N3O2S. The Balaban J connectivity index is 1.62. The molecule has 2 aromatic carbocycles. The van der Waals surface area contributed by atoms with Gasteiger partial charge in [-0.25, -0.2) is 0 Å². The summed E-state index contributed by atoms with van der Waals surface area (Å²) in [7, 11) is 0. The summed E-state index contributed by atoms with van der Waals surface area (Å²) >= 11 is 1.21. The van der Waals surface area contributed by atoms with Crippen LogP contribution in [0.1, 0.15) is 47.1 Å². The highest BCUT2D eigenvalue weighted by molar-refractivity contribution is 7.07. The van der Waals surface area contributed by atoms with Gasteiger partial charge in [-0.15, -0.1) is 0 Å². The summed E-state index contributed by atoms with van der Waals surface area (Å²) in [6, 6.07) is 15.4. The van der Waals surface area contributed by atoms with Crippen LogP contribution in [0, 0.1) is 6.92 Å². The van der Waals surface area contributed by atoms with Gasteiger partial charge in [-0.2, -0.15) is 9.36 Å². The van der Waals surface area contributed by atoms with Crippen molar-refractivity contribution in [3.63, 3.8) is 0 Å². The zero-order valence-corrected chi connectivity index (χ0v) is 16.4. The van der Waals surface area contributed by atoms with Crippen molar-refractivity contribution >= 4 is 17.4 Å². The molecule has 140 valence electrons. The molecule has 3 aromatic rings. The van der Waals surface area contributed by atoms with Crippen molar-refractivity contribution in [3.8, 4) is 10.9 Å². The van der Waals surface area contributed by atoms with E-state index in [1.165, 1.54) is 17.1 Å². The first-order valence-corrected chi connectivity index (χ1v) is 9.85.